The molecule has 0 bridgehead atoms. The highest BCUT2D eigenvalue weighted by Gasteiger charge is 2.15. The maximum atomic E-state index is 12.4. The van der Waals surface area contributed by atoms with Crippen molar-refractivity contribution in [1.82, 2.24) is 0 Å². The van der Waals surface area contributed by atoms with Crippen LogP contribution in [-0.2, 0) is 6.54 Å². The Kier molecular flexibility index (Phi) is 6.99. The lowest BCUT2D eigenvalue weighted by molar-refractivity contribution is -0.384. The molecule has 0 N–H and O–H groups in total. The average molecular weight is 421 g/mol. The number of carbonyl (C=O) groups excluding carboxylic acids is 1. The van der Waals surface area contributed by atoms with Gasteiger partial charge in [0.2, 0.25) is 0 Å². The highest BCUT2D eigenvalue weighted by molar-refractivity contribution is 6.32. The number of halogens is 1. The Labute approximate surface area is 180 Å². The van der Waals surface area contributed by atoms with E-state index in [1.807, 2.05) is 42.5 Å². The zero-order chi connectivity index (χ0) is 21.5. The Hall–Kier alpha value is -3.44. The minimum Gasteiger partial charge on any atom is -0.367 e. The zero-order valence-electron chi connectivity index (χ0n) is 16.5. The fourth-order valence-corrected chi connectivity index (χ4v) is 3.25. The molecule has 0 spiro atoms. The second-order valence-corrected chi connectivity index (χ2v) is 7.12. The van der Waals surface area contributed by atoms with Crippen LogP contribution in [0.15, 0.2) is 78.9 Å². The Morgan fingerprint density at radius 3 is 2.40 bits per heavy atom. The predicted molar refractivity (Wildman–Crippen MR) is 121 cm³/mol. The summed E-state index contributed by atoms with van der Waals surface area (Å²) < 4.78 is 0. The van der Waals surface area contributed by atoms with Crippen molar-refractivity contribution in [1.29, 1.82) is 0 Å². The first-order valence-corrected chi connectivity index (χ1v) is 9.91. The molecule has 5 nitrogen and oxygen atoms in total. The molecular formula is C24H21ClN2O3. The monoisotopic (exact) mass is 420 g/mol. The molecule has 0 heterocycles. The number of allylic oxidation sites excluding steroid dienone is 1. The maximum absolute atomic E-state index is 12.4. The molecule has 0 unspecified atom stereocenters. The van der Waals surface area contributed by atoms with Gasteiger partial charge in [-0.2, -0.15) is 0 Å². The normalized spacial score (nSPS) is 10.9. The number of benzene rings is 3. The average Bonchev–Trinajstić information content (AvgIpc) is 2.77. The van der Waals surface area contributed by atoms with Crippen molar-refractivity contribution in [3.8, 4) is 0 Å². The van der Waals surface area contributed by atoms with Crippen molar-refractivity contribution in [3.63, 3.8) is 0 Å². The van der Waals surface area contributed by atoms with Crippen LogP contribution >= 0.6 is 11.6 Å². The van der Waals surface area contributed by atoms with Gasteiger partial charge in [0, 0.05) is 30.4 Å². The van der Waals surface area contributed by atoms with Gasteiger partial charge in [0.1, 0.15) is 5.02 Å². The van der Waals surface area contributed by atoms with Crippen molar-refractivity contribution in [2.75, 3.05) is 11.4 Å². The summed E-state index contributed by atoms with van der Waals surface area (Å²) in [5.74, 6) is -0.321. The van der Waals surface area contributed by atoms with Gasteiger partial charge in [0.05, 0.1) is 4.92 Å². The summed E-state index contributed by atoms with van der Waals surface area (Å²) >= 11 is 5.80. The van der Waals surface area contributed by atoms with Gasteiger partial charge in [0.15, 0.2) is 5.78 Å². The minimum atomic E-state index is -0.601. The van der Waals surface area contributed by atoms with E-state index >= 15 is 0 Å². The third-order valence-electron chi connectivity index (χ3n) is 4.71. The van der Waals surface area contributed by atoms with Gasteiger partial charge in [-0.3, -0.25) is 14.9 Å². The van der Waals surface area contributed by atoms with Crippen LogP contribution in [0, 0.1) is 10.1 Å². The summed E-state index contributed by atoms with van der Waals surface area (Å²) in [5.41, 5.74) is 3.15. The third kappa shape index (κ3) is 5.33. The van der Waals surface area contributed by atoms with Crippen molar-refractivity contribution >= 4 is 34.8 Å². The fourth-order valence-electron chi connectivity index (χ4n) is 3.06. The number of nitro benzene ring substituents is 1. The van der Waals surface area contributed by atoms with E-state index in [9.17, 15) is 14.9 Å². The topological polar surface area (TPSA) is 63.5 Å². The van der Waals surface area contributed by atoms with E-state index in [0.29, 0.717) is 0 Å². The Balaban J connectivity index is 1.70. The summed E-state index contributed by atoms with van der Waals surface area (Å²) in [7, 11) is 0. The maximum Gasteiger partial charge on any atom is 0.288 e. The highest BCUT2D eigenvalue weighted by atomic mass is 35.5. The molecule has 0 atom stereocenters. The van der Waals surface area contributed by atoms with Gasteiger partial charge in [0.25, 0.3) is 5.69 Å². The van der Waals surface area contributed by atoms with Gasteiger partial charge < -0.3 is 4.90 Å². The molecule has 0 aromatic heterocycles. The van der Waals surface area contributed by atoms with Gasteiger partial charge in [-0.25, -0.2) is 0 Å². The largest absolute Gasteiger partial charge is 0.367 e. The fraction of sp³-hybridized carbons (Fsp3) is 0.125. The van der Waals surface area contributed by atoms with Crippen LogP contribution < -0.4 is 4.90 Å². The van der Waals surface area contributed by atoms with E-state index in [4.69, 9.17) is 11.6 Å². The number of hydrogen-bond donors (Lipinski definition) is 0. The molecule has 3 rings (SSSR count). The van der Waals surface area contributed by atoms with Crippen LogP contribution in [0.4, 0.5) is 11.4 Å². The first-order chi connectivity index (χ1) is 14.5. The number of carbonyl (C=O) groups is 1. The molecule has 0 fully saturated rings. The lowest BCUT2D eigenvalue weighted by Crippen LogP contribution is -2.21. The van der Waals surface area contributed by atoms with Crippen LogP contribution in [0.5, 0.6) is 0 Å². The standard InChI is InChI=1S/C24H21ClN2O3/c1-2-26(17-19-6-4-3-5-7-19)21-12-8-18(9-13-21)10-15-24(28)20-11-14-22(25)23(16-20)27(29)30/h3-16H,2,17H2,1H3/b15-10+. The van der Waals surface area contributed by atoms with E-state index in [-0.39, 0.29) is 22.1 Å². The van der Waals surface area contributed by atoms with E-state index in [1.54, 1.807) is 6.08 Å². The van der Waals surface area contributed by atoms with Crippen LogP contribution in [0.2, 0.25) is 5.02 Å². The molecule has 0 saturated heterocycles. The zero-order valence-corrected chi connectivity index (χ0v) is 17.3. The summed E-state index contributed by atoms with van der Waals surface area (Å²) in [6, 6.07) is 22.2. The number of anilines is 1. The van der Waals surface area contributed by atoms with Crippen molar-refractivity contribution in [3.05, 3.63) is 111 Å². The SMILES string of the molecule is CCN(Cc1ccccc1)c1ccc(/C=C/C(=O)c2ccc(Cl)c([N+](=O)[O-])c2)cc1. The molecule has 0 amide bonds. The summed E-state index contributed by atoms with van der Waals surface area (Å²) in [6.07, 6.45) is 3.10. The van der Waals surface area contributed by atoms with E-state index < -0.39 is 4.92 Å². The molecule has 3 aromatic carbocycles. The van der Waals surface area contributed by atoms with Crippen molar-refractivity contribution in [2.24, 2.45) is 0 Å². The lowest BCUT2D eigenvalue weighted by Gasteiger charge is -2.23. The molecule has 6 heteroatoms. The summed E-state index contributed by atoms with van der Waals surface area (Å²) in [5, 5.41) is 11.0. The second kappa shape index (κ2) is 9.85. The summed E-state index contributed by atoms with van der Waals surface area (Å²) in [4.78, 5) is 25.0. The molecule has 0 aliphatic carbocycles. The number of rotatable bonds is 8. The van der Waals surface area contributed by atoms with Crippen LogP contribution in [0.3, 0.4) is 0 Å². The number of nitro groups is 1. The van der Waals surface area contributed by atoms with E-state index in [2.05, 4.69) is 24.0 Å². The number of hydrogen-bond acceptors (Lipinski definition) is 4. The highest BCUT2D eigenvalue weighted by Crippen LogP contribution is 2.25. The van der Waals surface area contributed by atoms with Crippen molar-refractivity contribution < 1.29 is 9.72 Å². The molecule has 0 aliphatic rings. The Morgan fingerprint density at radius 2 is 1.77 bits per heavy atom. The lowest BCUT2D eigenvalue weighted by atomic mass is 10.1. The first kappa shape index (κ1) is 21.3. The predicted octanol–water partition coefficient (Wildman–Crippen LogP) is 6.17. The third-order valence-corrected chi connectivity index (χ3v) is 5.03. The van der Waals surface area contributed by atoms with E-state index in [0.717, 1.165) is 24.3 Å². The van der Waals surface area contributed by atoms with Crippen LogP contribution in [0.25, 0.3) is 6.08 Å². The second-order valence-electron chi connectivity index (χ2n) is 6.71. The molecule has 3 aromatic rings. The van der Waals surface area contributed by atoms with Gasteiger partial charge in [-0.1, -0.05) is 60.1 Å². The Morgan fingerprint density at radius 1 is 1.07 bits per heavy atom. The van der Waals surface area contributed by atoms with Gasteiger partial charge >= 0.3 is 0 Å². The minimum absolute atomic E-state index is 0.00657. The van der Waals surface area contributed by atoms with Crippen molar-refractivity contribution in [2.45, 2.75) is 13.5 Å². The molecule has 0 aliphatic heterocycles. The molecule has 0 saturated carbocycles. The molecule has 30 heavy (non-hydrogen) atoms. The number of ketones is 1. The molecular weight excluding hydrogens is 400 g/mol. The van der Waals surface area contributed by atoms with Gasteiger partial charge in [-0.05, 0) is 48.4 Å². The van der Waals surface area contributed by atoms with Gasteiger partial charge in [-0.15, -0.1) is 0 Å². The first-order valence-electron chi connectivity index (χ1n) is 9.53. The molecule has 0 radical (unpaired) electrons. The summed E-state index contributed by atoms with van der Waals surface area (Å²) in [6.45, 7) is 3.80. The smallest absolute Gasteiger partial charge is 0.288 e. The quantitative estimate of drug-likeness (QED) is 0.189. The number of nitrogens with zero attached hydrogens (tertiary/aromatic N) is 2. The van der Waals surface area contributed by atoms with E-state index in [1.165, 1.54) is 29.8 Å². The van der Waals surface area contributed by atoms with Crippen LogP contribution in [-0.4, -0.2) is 17.3 Å². The Bertz CT molecular complexity index is 1060. The molecule has 152 valence electrons. The van der Waals surface area contributed by atoms with Crippen LogP contribution in [0.1, 0.15) is 28.4 Å².